The van der Waals surface area contributed by atoms with Gasteiger partial charge in [0.1, 0.15) is 17.3 Å². The summed E-state index contributed by atoms with van der Waals surface area (Å²) in [5.41, 5.74) is 1.25. The Morgan fingerprint density at radius 1 is 1.17 bits per heavy atom. The maximum Gasteiger partial charge on any atom is 0.416 e. The van der Waals surface area contributed by atoms with E-state index in [2.05, 4.69) is 9.97 Å². The smallest absolute Gasteiger partial charge is 0.416 e. The molecule has 3 aromatic rings. The largest absolute Gasteiger partial charge is 0.457 e. The Morgan fingerprint density at radius 3 is 2.67 bits per heavy atom. The van der Waals surface area contributed by atoms with Gasteiger partial charge in [0.25, 0.3) is 0 Å². The summed E-state index contributed by atoms with van der Waals surface area (Å²) in [4.78, 5) is 21.5. The van der Waals surface area contributed by atoms with E-state index in [-0.39, 0.29) is 5.91 Å². The number of alkyl halides is 3. The lowest BCUT2D eigenvalue weighted by Gasteiger charge is -2.30. The number of amides is 1. The molecule has 1 N–H and O–H groups in total. The molecule has 5 nitrogen and oxygen atoms in total. The minimum atomic E-state index is -4.38. The molecule has 0 radical (unpaired) electrons. The number of benzene rings is 2. The van der Waals surface area contributed by atoms with Gasteiger partial charge in [0.05, 0.1) is 5.56 Å². The van der Waals surface area contributed by atoms with E-state index in [0.29, 0.717) is 43.9 Å². The second kappa shape index (κ2) is 8.22. The number of nitrogens with zero attached hydrogens (tertiary/aromatic N) is 2. The molecule has 0 saturated carbocycles. The summed E-state index contributed by atoms with van der Waals surface area (Å²) in [6.07, 6.45) is 0.581. The topological polar surface area (TPSA) is 58.2 Å². The Morgan fingerprint density at radius 2 is 1.97 bits per heavy atom. The number of carbonyl (C=O) groups is 1. The second-order valence-electron chi connectivity index (χ2n) is 7.12. The van der Waals surface area contributed by atoms with Crippen LogP contribution in [0.15, 0.2) is 54.9 Å². The molecule has 0 unspecified atom stereocenters. The molecule has 0 aliphatic carbocycles. The molecular weight excluding hydrogens is 395 g/mol. The SMILES string of the molecule is O=C(CCc1ncc[nH]1)N1CCc2c(cccc2Oc2ccc(C(F)(F)F)cc2)C1. The van der Waals surface area contributed by atoms with Crippen molar-refractivity contribution >= 4 is 5.91 Å². The predicted octanol–water partition coefficient (Wildman–Crippen LogP) is 4.74. The Hall–Kier alpha value is -3.29. The number of rotatable bonds is 5. The summed E-state index contributed by atoms with van der Waals surface area (Å²) in [5, 5.41) is 0. The number of hydrogen-bond acceptors (Lipinski definition) is 3. The number of aryl methyl sites for hydroxylation is 1. The Labute approximate surface area is 171 Å². The van der Waals surface area contributed by atoms with Gasteiger partial charge in [-0.05, 0) is 42.3 Å². The highest BCUT2D eigenvalue weighted by atomic mass is 19.4. The van der Waals surface area contributed by atoms with Gasteiger partial charge in [-0.3, -0.25) is 4.79 Å². The van der Waals surface area contributed by atoms with Crippen molar-refractivity contribution in [2.75, 3.05) is 6.54 Å². The van der Waals surface area contributed by atoms with E-state index in [0.717, 1.165) is 29.1 Å². The van der Waals surface area contributed by atoms with Crippen molar-refractivity contribution in [2.45, 2.75) is 32.0 Å². The molecule has 156 valence electrons. The summed E-state index contributed by atoms with van der Waals surface area (Å²) in [6.45, 7) is 1.05. The standard InChI is InChI=1S/C22H20F3N3O2/c23-22(24,25)16-4-6-17(7-5-16)30-19-3-1-2-15-14-28(13-10-18(15)19)21(29)9-8-20-26-11-12-27-20/h1-7,11-12H,8-10,13-14H2,(H,26,27). The maximum absolute atomic E-state index is 12.7. The van der Waals surface area contributed by atoms with Crippen molar-refractivity contribution in [3.8, 4) is 11.5 Å². The molecule has 0 atom stereocenters. The number of aromatic amines is 1. The highest BCUT2D eigenvalue weighted by molar-refractivity contribution is 5.76. The fourth-order valence-corrected chi connectivity index (χ4v) is 3.54. The van der Waals surface area contributed by atoms with Crippen molar-refractivity contribution < 1.29 is 22.7 Å². The summed E-state index contributed by atoms with van der Waals surface area (Å²) in [7, 11) is 0. The Kier molecular flexibility index (Phi) is 5.48. The van der Waals surface area contributed by atoms with Crippen molar-refractivity contribution in [3.63, 3.8) is 0 Å². The van der Waals surface area contributed by atoms with Crippen LogP contribution in [0.1, 0.15) is 28.9 Å². The average Bonchev–Trinajstić information content (AvgIpc) is 3.25. The molecule has 2 heterocycles. The Bertz CT molecular complexity index is 1020. The first-order chi connectivity index (χ1) is 14.4. The number of ether oxygens (including phenoxy) is 1. The molecule has 2 aromatic carbocycles. The van der Waals surface area contributed by atoms with Crippen molar-refractivity contribution in [2.24, 2.45) is 0 Å². The number of halogens is 3. The van der Waals surface area contributed by atoms with Crippen LogP contribution in [0.25, 0.3) is 0 Å². The molecule has 1 aliphatic rings. The minimum absolute atomic E-state index is 0.0612. The first-order valence-corrected chi connectivity index (χ1v) is 9.62. The zero-order valence-electron chi connectivity index (χ0n) is 16.1. The van der Waals surface area contributed by atoms with E-state index in [1.165, 1.54) is 12.1 Å². The number of imidazole rings is 1. The van der Waals surface area contributed by atoms with Gasteiger partial charge in [0.15, 0.2) is 0 Å². The van der Waals surface area contributed by atoms with E-state index >= 15 is 0 Å². The fraction of sp³-hybridized carbons (Fsp3) is 0.273. The van der Waals surface area contributed by atoms with Crippen LogP contribution in [-0.4, -0.2) is 27.3 Å². The van der Waals surface area contributed by atoms with Gasteiger partial charge in [-0.15, -0.1) is 0 Å². The van der Waals surface area contributed by atoms with E-state index in [1.54, 1.807) is 18.5 Å². The molecule has 8 heteroatoms. The summed E-state index contributed by atoms with van der Waals surface area (Å²) >= 11 is 0. The molecular formula is C22H20F3N3O2. The van der Waals surface area contributed by atoms with Gasteiger partial charge in [-0.1, -0.05) is 12.1 Å². The molecule has 4 rings (SSSR count). The summed E-state index contributed by atoms with van der Waals surface area (Å²) < 4.78 is 44.0. The quantitative estimate of drug-likeness (QED) is 0.655. The molecule has 0 bridgehead atoms. The Balaban J connectivity index is 1.43. The minimum Gasteiger partial charge on any atom is -0.457 e. The number of carbonyl (C=O) groups excluding carboxylic acids is 1. The fourth-order valence-electron chi connectivity index (χ4n) is 3.54. The highest BCUT2D eigenvalue weighted by Crippen LogP contribution is 2.34. The van der Waals surface area contributed by atoms with Gasteiger partial charge in [-0.25, -0.2) is 4.98 Å². The van der Waals surface area contributed by atoms with E-state index < -0.39 is 11.7 Å². The van der Waals surface area contributed by atoms with Crippen LogP contribution in [0, 0.1) is 0 Å². The van der Waals surface area contributed by atoms with Crippen LogP contribution in [0.3, 0.4) is 0 Å². The number of nitrogens with one attached hydrogen (secondary N) is 1. The maximum atomic E-state index is 12.7. The van der Waals surface area contributed by atoms with Gasteiger partial charge in [0.2, 0.25) is 5.91 Å². The van der Waals surface area contributed by atoms with Crippen LogP contribution in [-0.2, 0) is 30.4 Å². The zero-order chi connectivity index (χ0) is 21.1. The third-order valence-corrected chi connectivity index (χ3v) is 5.12. The molecule has 1 aliphatic heterocycles. The van der Waals surface area contributed by atoms with Crippen LogP contribution < -0.4 is 4.74 Å². The van der Waals surface area contributed by atoms with Crippen molar-refractivity contribution in [1.29, 1.82) is 0 Å². The van der Waals surface area contributed by atoms with Gasteiger partial charge in [0, 0.05) is 43.9 Å². The number of hydrogen-bond donors (Lipinski definition) is 1. The lowest BCUT2D eigenvalue weighted by molar-refractivity contribution is -0.137. The van der Waals surface area contributed by atoms with Gasteiger partial charge in [-0.2, -0.15) is 13.2 Å². The van der Waals surface area contributed by atoms with Crippen LogP contribution in [0.2, 0.25) is 0 Å². The number of aromatic nitrogens is 2. The lowest BCUT2D eigenvalue weighted by Crippen LogP contribution is -2.36. The van der Waals surface area contributed by atoms with Gasteiger partial charge < -0.3 is 14.6 Å². The average molecular weight is 415 g/mol. The highest BCUT2D eigenvalue weighted by Gasteiger charge is 2.30. The molecule has 0 spiro atoms. The first kappa shape index (κ1) is 20.0. The van der Waals surface area contributed by atoms with Crippen LogP contribution >= 0.6 is 0 Å². The predicted molar refractivity (Wildman–Crippen MR) is 104 cm³/mol. The molecule has 0 fully saturated rings. The van der Waals surface area contributed by atoms with Crippen LogP contribution in [0.4, 0.5) is 13.2 Å². The molecule has 30 heavy (non-hydrogen) atoms. The lowest BCUT2D eigenvalue weighted by atomic mass is 9.98. The van der Waals surface area contributed by atoms with Crippen LogP contribution in [0.5, 0.6) is 11.5 Å². The number of H-pyrrole nitrogens is 1. The van der Waals surface area contributed by atoms with E-state index in [9.17, 15) is 18.0 Å². The molecule has 0 saturated heterocycles. The van der Waals surface area contributed by atoms with Crippen molar-refractivity contribution in [3.05, 3.63) is 77.4 Å². The molecule has 1 aromatic heterocycles. The summed E-state index contributed by atoms with van der Waals surface area (Å²) in [5.74, 6) is 1.79. The number of fused-ring (bicyclic) bond motifs is 1. The third-order valence-electron chi connectivity index (χ3n) is 5.12. The first-order valence-electron chi connectivity index (χ1n) is 9.62. The normalized spacial score (nSPS) is 13.8. The second-order valence-corrected chi connectivity index (χ2v) is 7.12. The third kappa shape index (κ3) is 4.48. The zero-order valence-corrected chi connectivity index (χ0v) is 16.1. The van der Waals surface area contributed by atoms with E-state index in [1.807, 2.05) is 17.0 Å². The molecule has 1 amide bonds. The van der Waals surface area contributed by atoms with Crippen molar-refractivity contribution in [1.82, 2.24) is 14.9 Å². The van der Waals surface area contributed by atoms with E-state index in [4.69, 9.17) is 4.74 Å². The van der Waals surface area contributed by atoms with Gasteiger partial charge >= 0.3 is 6.18 Å². The monoisotopic (exact) mass is 415 g/mol. The summed E-state index contributed by atoms with van der Waals surface area (Å²) in [6, 6.07) is 10.2.